The van der Waals surface area contributed by atoms with Crippen molar-refractivity contribution in [3.8, 4) is 0 Å². The van der Waals surface area contributed by atoms with E-state index in [1.54, 1.807) is 5.56 Å². The van der Waals surface area contributed by atoms with E-state index < -0.39 is 0 Å². The fraction of sp³-hybridized carbons (Fsp3) is 0.684. The molecule has 0 aromatic heterocycles. The number of hydrogen-bond donors (Lipinski definition) is 1. The van der Waals surface area contributed by atoms with Crippen molar-refractivity contribution in [1.82, 2.24) is 0 Å². The molecule has 21 heavy (non-hydrogen) atoms. The fourth-order valence-electron chi connectivity index (χ4n) is 4.10. The maximum absolute atomic E-state index is 6.07. The molecule has 0 spiro atoms. The molecule has 3 rings (SSSR count). The third-order valence-corrected chi connectivity index (χ3v) is 7.20. The number of thioether (sulfide) groups is 1. The molecule has 0 saturated heterocycles. The van der Waals surface area contributed by atoms with Crippen LogP contribution in [0.1, 0.15) is 62.8 Å². The van der Waals surface area contributed by atoms with Crippen molar-refractivity contribution >= 4 is 11.8 Å². The monoisotopic (exact) mass is 303 g/mol. The molecule has 2 saturated carbocycles. The third kappa shape index (κ3) is 4.04. The van der Waals surface area contributed by atoms with Crippen molar-refractivity contribution < 1.29 is 0 Å². The first kappa shape index (κ1) is 15.4. The van der Waals surface area contributed by atoms with Crippen LogP contribution in [0.2, 0.25) is 0 Å². The van der Waals surface area contributed by atoms with Crippen molar-refractivity contribution in [2.24, 2.45) is 11.7 Å². The van der Waals surface area contributed by atoms with Gasteiger partial charge in [0.1, 0.15) is 0 Å². The summed E-state index contributed by atoms with van der Waals surface area (Å²) in [7, 11) is 0. The van der Waals surface area contributed by atoms with Crippen molar-refractivity contribution in [2.45, 2.75) is 67.8 Å². The lowest BCUT2D eigenvalue weighted by Crippen LogP contribution is -2.33. The largest absolute Gasteiger partial charge is 0.330 e. The molecule has 3 unspecified atom stereocenters. The number of nitrogens with two attached hydrogens (primary N) is 1. The van der Waals surface area contributed by atoms with E-state index in [2.05, 4.69) is 42.1 Å². The van der Waals surface area contributed by atoms with Crippen LogP contribution in [-0.4, -0.2) is 17.0 Å². The zero-order valence-electron chi connectivity index (χ0n) is 13.0. The maximum atomic E-state index is 6.07. The molecule has 2 N–H and O–H groups in total. The van der Waals surface area contributed by atoms with E-state index in [1.165, 1.54) is 51.4 Å². The van der Waals surface area contributed by atoms with Crippen LogP contribution in [0.15, 0.2) is 30.3 Å². The van der Waals surface area contributed by atoms with E-state index in [0.717, 1.165) is 28.9 Å². The van der Waals surface area contributed by atoms with Gasteiger partial charge in [0.05, 0.1) is 0 Å². The molecule has 2 heteroatoms. The average molecular weight is 304 g/mol. The Balaban J connectivity index is 1.64. The highest BCUT2D eigenvalue weighted by Gasteiger charge is 2.32. The highest BCUT2D eigenvalue weighted by Crippen LogP contribution is 2.44. The molecule has 0 bridgehead atoms. The van der Waals surface area contributed by atoms with Crippen molar-refractivity contribution in [3.05, 3.63) is 35.9 Å². The molecular formula is C19H29NS. The van der Waals surface area contributed by atoms with Gasteiger partial charge in [-0.25, -0.2) is 0 Å². The quantitative estimate of drug-likeness (QED) is 0.850. The smallest absolute Gasteiger partial charge is 0.00959 e. The number of benzene rings is 1. The molecule has 116 valence electrons. The van der Waals surface area contributed by atoms with Gasteiger partial charge in [0.15, 0.2) is 0 Å². The normalized spacial score (nSPS) is 31.2. The molecular weight excluding hydrogens is 274 g/mol. The van der Waals surface area contributed by atoms with Crippen molar-refractivity contribution in [2.75, 3.05) is 6.54 Å². The Morgan fingerprint density at radius 1 is 0.952 bits per heavy atom. The maximum Gasteiger partial charge on any atom is 0.00959 e. The van der Waals surface area contributed by atoms with Gasteiger partial charge < -0.3 is 5.73 Å². The lowest BCUT2D eigenvalue weighted by atomic mass is 9.78. The van der Waals surface area contributed by atoms with E-state index in [-0.39, 0.29) is 0 Å². The first-order valence-corrected chi connectivity index (χ1v) is 9.71. The van der Waals surface area contributed by atoms with Crippen LogP contribution in [0.3, 0.4) is 0 Å². The number of rotatable bonds is 4. The summed E-state index contributed by atoms with van der Waals surface area (Å²) in [6.07, 6.45) is 11.2. The molecule has 0 heterocycles. The van der Waals surface area contributed by atoms with Crippen LogP contribution >= 0.6 is 11.8 Å². The molecule has 3 atom stereocenters. The standard InChI is InChI=1S/C19H29NS/c20-14-17-12-11-16(15-7-3-1-4-8-15)13-19(17)21-18-9-5-2-6-10-18/h1,3-4,7-8,16-19H,2,5-6,9-14,20H2. The van der Waals surface area contributed by atoms with E-state index >= 15 is 0 Å². The van der Waals surface area contributed by atoms with E-state index in [1.807, 2.05) is 0 Å². The molecule has 0 aliphatic heterocycles. The summed E-state index contributed by atoms with van der Waals surface area (Å²) in [6.45, 7) is 0.881. The van der Waals surface area contributed by atoms with Gasteiger partial charge in [-0.1, -0.05) is 49.6 Å². The third-order valence-electron chi connectivity index (χ3n) is 5.42. The molecule has 0 radical (unpaired) electrons. The zero-order chi connectivity index (χ0) is 14.5. The Morgan fingerprint density at radius 2 is 1.71 bits per heavy atom. The van der Waals surface area contributed by atoms with Crippen LogP contribution in [0.4, 0.5) is 0 Å². The summed E-state index contributed by atoms with van der Waals surface area (Å²) in [5, 5.41) is 1.70. The predicted molar refractivity (Wildman–Crippen MR) is 93.8 cm³/mol. The Bertz CT molecular complexity index is 413. The van der Waals surface area contributed by atoms with Crippen LogP contribution in [0.5, 0.6) is 0 Å². The van der Waals surface area contributed by atoms with Gasteiger partial charge in [-0.05, 0) is 56.0 Å². The Hall–Kier alpha value is -0.470. The average Bonchev–Trinajstić information content (AvgIpc) is 2.56. The van der Waals surface area contributed by atoms with Crippen molar-refractivity contribution in [1.29, 1.82) is 0 Å². The molecule has 1 aromatic carbocycles. The van der Waals surface area contributed by atoms with Gasteiger partial charge in [-0.3, -0.25) is 0 Å². The zero-order valence-corrected chi connectivity index (χ0v) is 13.9. The van der Waals surface area contributed by atoms with Crippen molar-refractivity contribution in [3.63, 3.8) is 0 Å². The van der Waals surface area contributed by atoms with Gasteiger partial charge in [-0.15, -0.1) is 0 Å². The van der Waals surface area contributed by atoms with Gasteiger partial charge in [-0.2, -0.15) is 11.8 Å². The minimum atomic E-state index is 0.747. The van der Waals surface area contributed by atoms with Crippen LogP contribution in [0, 0.1) is 5.92 Å². The Labute approximate surface area is 134 Å². The molecule has 1 aromatic rings. The van der Waals surface area contributed by atoms with E-state index in [0.29, 0.717) is 0 Å². The van der Waals surface area contributed by atoms with Crippen LogP contribution in [0.25, 0.3) is 0 Å². The van der Waals surface area contributed by atoms with Gasteiger partial charge in [0.25, 0.3) is 0 Å². The fourth-order valence-corrected chi connectivity index (χ4v) is 6.02. The number of hydrogen-bond acceptors (Lipinski definition) is 2. The highest BCUT2D eigenvalue weighted by atomic mass is 32.2. The minimum absolute atomic E-state index is 0.747. The lowest BCUT2D eigenvalue weighted by Gasteiger charge is -2.38. The minimum Gasteiger partial charge on any atom is -0.330 e. The Morgan fingerprint density at radius 3 is 2.43 bits per heavy atom. The first-order chi connectivity index (χ1) is 10.4. The predicted octanol–water partition coefficient (Wildman–Crippen LogP) is 4.96. The second-order valence-electron chi connectivity index (χ2n) is 6.85. The molecule has 1 nitrogen and oxygen atoms in total. The SMILES string of the molecule is NCC1CCC(c2ccccc2)CC1SC1CCCCC1. The van der Waals surface area contributed by atoms with Crippen LogP contribution in [-0.2, 0) is 0 Å². The molecule has 2 fully saturated rings. The summed E-state index contributed by atoms with van der Waals surface area (Å²) in [5.74, 6) is 1.51. The molecule has 2 aliphatic carbocycles. The Kier molecular flexibility index (Phi) is 5.65. The summed E-state index contributed by atoms with van der Waals surface area (Å²) in [6, 6.07) is 11.1. The summed E-state index contributed by atoms with van der Waals surface area (Å²) in [5.41, 5.74) is 7.61. The molecule has 2 aliphatic rings. The van der Waals surface area contributed by atoms with Gasteiger partial charge >= 0.3 is 0 Å². The van der Waals surface area contributed by atoms with E-state index in [4.69, 9.17) is 5.73 Å². The summed E-state index contributed by atoms with van der Waals surface area (Å²) in [4.78, 5) is 0. The highest BCUT2D eigenvalue weighted by molar-refractivity contribution is 8.00. The second kappa shape index (κ2) is 7.69. The summed E-state index contributed by atoms with van der Waals surface area (Å²) < 4.78 is 0. The van der Waals surface area contributed by atoms with E-state index in [9.17, 15) is 0 Å². The topological polar surface area (TPSA) is 26.0 Å². The second-order valence-corrected chi connectivity index (χ2v) is 8.40. The molecule has 0 amide bonds. The van der Waals surface area contributed by atoms with Crippen LogP contribution < -0.4 is 5.73 Å². The lowest BCUT2D eigenvalue weighted by molar-refractivity contribution is 0.342. The van der Waals surface area contributed by atoms with Gasteiger partial charge in [0, 0.05) is 10.5 Å². The van der Waals surface area contributed by atoms with Gasteiger partial charge in [0.2, 0.25) is 0 Å². The first-order valence-electron chi connectivity index (χ1n) is 8.77. The summed E-state index contributed by atoms with van der Waals surface area (Å²) >= 11 is 2.29.